The average molecular weight is 301 g/mol. The number of ether oxygens (including phenoxy) is 2. The van der Waals surface area contributed by atoms with Crippen LogP contribution in [0, 0.1) is 0 Å². The third-order valence-corrected chi connectivity index (χ3v) is 3.89. The van der Waals surface area contributed by atoms with Crippen molar-refractivity contribution in [3.05, 3.63) is 35.5 Å². The first kappa shape index (κ1) is 13.6. The molecule has 0 radical (unpaired) electrons. The lowest BCUT2D eigenvalue weighted by Gasteiger charge is -2.20. The fourth-order valence-electron chi connectivity index (χ4n) is 2.62. The summed E-state index contributed by atoms with van der Waals surface area (Å²) in [5.74, 6) is 3.72. The Labute approximate surface area is 129 Å². The fraction of sp³-hybridized carbons (Fsp3) is 0.500. The maximum Gasteiger partial charge on any atom is 0.240 e. The van der Waals surface area contributed by atoms with Crippen LogP contribution in [0.3, 0.4) is 0 Å². The Balaban J connectivity index is 1.39. The highest BCUT2D eigenvalue weighted by atomic mass is 16.6. The summed E-state index contributed by atoms with van der Waals surface area (Å²) in [5.41, 5.74) is 1.17. The van der Waals surface area contributed by atoms with Gasteiger partial charge in [0.15, 0.2) is 17.3 Å². The van der Waals surface area contributed by atoms with Gasteiger partial charge in [-0.05, 0) is 37.6 Å². The highest BCUT2D eigenvalue weighted by Crippen LogP contribution is 2.38. The Morgan fingerprint density at radius 2 is 1.95 bits per heavy atom. The summed E-state index contributed by atoms with van der Waals surface area (Å²) in [5, 5.41) is 4.05. The number of hydrogen-bond acceptors (Lipinski definition) is 6. The van der Waals surface area contributed by atoms with Crippen LogP contribution in [0.5, 0.6) is 11.5 Å². The Morgan fingerprint density at radius 3 is 2.77 bits per heavy atom. The molecule has 0 amide bonds. The Bertz CT molecular complexity index is 666. The lowest BCUT2D eigenvalue weighted by molar-refractivity contribution is 0.171. The van der Waals surface area contributed by atoms with Crippen molar-refractivity contribution in [1.82, 2.24) is 15.0 Å². The van der Waals surface area contributed by atoms with E-state index in [1.165, 1.54) is 18.4 Å². The molecule has 0 N–H and O–H groups in total. The summed E-state index contributed by atoms with van der Waals surface area (Å²) in [4.78, 5) is 6.61. The molecule has 6 nitrogen and oxygen atoms in total. The van der Waals surface area contributed by atoms with Crippen molar-refractivity contribution in [1.29, 1.82) is 0 Å². The van der Waals surface area contributed by atoms with Crippen LogP contribution in [0.15, 0.2) is 22.7 Å². The first-order chi connectivity index (χ1) is 10.8. The van der Waals surface area contributed by atoms with E-state index < -0.39 is 0 Å². The molecule has 1 fully saturated rings. The molecule has 116 valence electrons. The summed E-state index contributed by atoms with van der Waals surface area (Å²) < 4.78 is 16.5. The van der Waals surface area contributed by atoms with Gasteiger partial charge in [0, 0.05) is 12.5 Å². The number of hydrogen-bond donors (Lipinski definition) is 0. The van der Waals surface area contributed by atoms with E-state index in [0.717, 1.165) is 23.9 Å². The van der Waals surface area contributed by atoms with Gasteiger partial charge in [0.1, 0.15) is 13.2 Å². The minimum absolute atomic E-state index is 0.528. The monoisotopic (exact) mass is 301 g/mol. The van der Waals surface area contributed by atoms with Crippen LogP contribution in [-0.2, 0) is 13.1 Å². The van der Waals surface area contributed by atoms with E-state index in [0.29, 0.717) is 31.6 Å². The average Bonchev–Trinajstić information content (AvgIpc) is 3.28. The van der Waals surface area contributed by atoms with Crippen molar-refractivity contribution in [2.24, 2.45) is 0 Å². The molecular weight excluding hydrogens is 282 g/mol. The fourth-order valence-corrected chi connectivity index (χ4v) is 2.62. The number of aromatic nitrogens is 2. The van der Waals surface area contributed by atoms with Crippen molar-refractivity contribution in [3.63, 3.8) is 0 Å². The van der Waals surface area contributed by atoms with E-state index >= 15 is 0 Å². The Morgan fingerprint density at radius 1 is 1.14 bits per heavy atom. The number of nitrogens with zero attached hydrogens (tertiary/aromatic N) is 3. The van der Waals surface area contributed by atoms with Gasteiger partial charge in [-0.1, -0.05) is 11.2 Å². The summed E-state index contributed by atoms with van der Waals surface area (Å²) in [7, 11) is 2.04. The van der Waals surface area contributed by atoms with E-state index in [1.807, 2.05) is 19.2 Å². The standard InChI is InChI=1S/C16H19N3O3/c1-19(10-15-17-16(18-22-15)12-3-4-12)9-11-2-5-13-14(8-11)21-7-6-20-13/h2,5,8,12H,3-4,6-7,9-10H2,1H3. The number of fused-ring (bicyclic) bond motifs is 1. The minimum atomic E-state index is 0.528. The van der Waals surface area contributed by atoms with Crippen LogP contribution in [0.1, 0.15) is 36.0 Å². The van der Waals surface area contributed by atoms with Gasteiger partial charge < -0.3 is 14.0 Å². The molecule has 22 heavy (non-hydrogen) atoms. The molecule has 0 saturated heterocycles. The van der Waals surface area contributed by atoms with Gasteiger partial charge in [-0.15, -0.1) is 0 Å². The van der Waals surface area contributed by atoms with E-state index in [4.69, 9.17) is 14.0 Å². The van der Waals surface area contributed by atoms with Gasteiger partial charge >= 0.3 is 0 Å². The van der Waals surface area contributed by atoms with Gasteiger partial charge in [0.25, 0.3) is 0 Å². The highest BCUT2D eigenvalue weighted by Gasteiger charge is 2.28. The molecule has 2 aliphatic rings. The predicted octanol–water partition coefficient (Wildman–Crippen LogP) is 2.35. The van der Waals surface area contributed by atoms with Crippen molar-refractivity contribution >= 4 is 0 Å². The third kappa shape index (κ3) is 2.92. The van der Waals surface area contributed by atoms with E-state index in [1.54, 1.807) is 0 Å². The molecular formula is C16H19N3O3. The molecule has 1 aliphatic heterocycles. The molecule has 2 aromatic rings. The zero-order chi connectivity index (χ0) is 14.9. The predicted molar refractivity (Wildman–Crippen MR) is 78.9 cm³/mol. The van der Waals surface area contributed by atoms with Crippen molar-refractivity contribution < 1.29 is 14.0 Å². The van der Waals surface area contributed by atoms with Crippen LogP contribution < -0.4 is 9.47 Å². The molecule has 6 heteroatoms. The van der Waals surface area contributed by atoms with Gasteiger partial charge in [0.05, 0.1) is 6.54 Å². The lowest BCUT2D eigenvalue weighted by atomic mass is 10.2. The number of rotatable bonds is 5. The van der Waals surface area contributed by atoms with Crippen LogP contribution in [0.25, 0.3) is 0 Å². The maximum atomic E-state index is 5.62. The van der Waals surface area contributed by atoms with Crippen molar-refractivity contribution in [3.8, 4) is 11.5 Å². The molecule has 0 unspecified atom stereocenters. The summed E-state index contributed by atoms with van der Waals surface area (Å²) in [6, 6.07) is 6.07. The van der Waals surface area contributed by atoms with Gasteiger partial charge in [-0.2, -0.15) is 4.98 Å². The summed E-state index contributed by atoms with van der Waals surface area (Å²) in [6.45, 7) is 2.66. The van der Waals surface area contributed by atoms with E-state index in [-0.39, 0.29) is 0 Å². The van der Waals surface area contributed by atoms with Crippen LogP contribution in [-0.4, -0.2) is 35.3 Å². The highest BCUT2D eigenvalue weighted by molar-refractivity contribution is 5.43. The lowest BCUT2D eigenvalue weighted by Crippen LogP contribution is -2.19. The zero-order valence-corrected chi connectivity index (χ0v) is 12.6. The molecule has 0 spiro atoms. The van der Waals surface area contributed by atoms with Gasteiger partial charge in [0.2, 0.25) is 5.89 Å². The third-order valence-electron chi connectivity index (χ3n) is 3.89. The topological polar surface area (TPSA) is 60.6 Å². The maximum absolute atomic E-state index is 5.62. The first-order valence-electron chi connectivity index (χ1n) is 7.67. The second-order valence-electron chi connectivity index (χ2n) is 5.97. The molecule has 1 aromatic heterocycles. The SMILES string of the molecule is CN(Cc1ccc2c(c1)OCCO2)Cc1nc(C2CC2)no1. The van der Waals surface area contributed by atoms with E-state index in [9.17, 15) is 0 Å². The Kier molecular flexibility index (Phi) is 3.46. The second kappa shape index (κ2) is 5.61. The summed E-state index contributed by atoms with van der Waals surface area (Å²) in [6.07, 6.45) is 2.37. The molecule has 0 atom stereocenters. The largest absolute Gasteiger partial charge is 0.486 e. The zero-order valence-electron chi connectivity index (χ0n) is 12.6. The normalized spacial score (nSPS) is 17.0. The molecule has 1 aromatic carbocycles. The van der Waals surface area contributed by atoms with Crippen LogP contribution in [0.4, 0.5) is 0 Å². The second-order valence-corrected chi connectivity index (χ2v) is 5.97. The van der Waals surface area contributed by atoms with Crippen LogP contribution >= 0.6 is 0 Å². The van der Waals surface area contributed by atoms with E-state index in [2.05, 4.69) is 21.1 Å². The minimum Gasteiger partial charge on any atom is -0.486 e. The van der Waals surface area contributed by atoms with Gasteiger partial charge in [-0.25, -0.2) is 0 Å². The first-order valence-corrected chi connectivity index (χ1v) is 7.67. The van der Waals surface area contributed by atoms with Crippen molar-refractivity contribution in [2.75, 3.05) is 20.3 Å². The molecule has 0 bridgehead atoms. The van der Waals surface area contributed by atoms with Gasteiger partial charge in [-0.3, -0.25) is 4.90 Å². The van der Waals surface area contributed by atoms with Crippen molar-refractivity contribution in [2.45, 2.75) is 31.8 Å². The smallest absolute Gasteiger partial charge is 0.240 e. The van der Waals surface area contributed by atoms with Crippen LogP contribution in [0.2, 0.25) is 0 Å². The summed E-state index contributed by atoms with van der Waals surface area (Å²) >= 11 is 0. The number of benzene rings is 1. The quantitative estimate of drug-likeness (QED) is 0.845. The Hall–Kier alpha value is -2.08. The molecule has 4 rings (SSSR count). The molecule has 2 heterocycles. The molecule has 1 aliphatic carbocycles. The molecule has 1 saturated carbocycles.